The van der Waals surface area contributed by atoms with E-state index in [9.17, 15) is 17.6 Å². The Kier molecular flexibility index (Phi) is 4.36. The number of rotatable bonds is 2. The second-order valence-corrected chi connectivity index (χ2v) is 8.90. The number of anilines is 1. The Morgan fingerprint density at radius 1 is 1.19 bits per heavy atom. The molecule has 138 valence electrons. The van der Waals surface area contributed by atoms with Crippen LogP contribution in [0.3, 0.4) is 0 Å². The van der Waals surface area contributed by atoms with Crippen LogP contribution in [0.25, 0.3) is 10.8 Å². The number of nitrogens with zero attached hydrogens (tertiary/aromatic N) is 1. The fraction of sp³-hybridized carbons (Fsp3) is 0.158. The highest BCUT2D eigenvalue weighted by Crippen LogP contribution is 2.36. The third-order valence-corrected chi connectivity index (χ3v) is 6.70. The topological polar surface area (TPSA) is 76.1 Å². The molecule has 27 heavy (non-hydrogen) atoms. The quantitative estimate of drug-likeness (QED) is 0.702. The summed E-state index contributed by atoms with van der Waals surface area (Å²) in [5.41, 5.74) is 0.833. The lowest BCUT2D eigenvalue weighted by molar-refractivity contribution is -0.117. The number of fused-ring (bicyclic) bond motifs is 2. The lowest BCUT2D eigenvalue weighted by Crippen LogP contribution is -2.29. The van der Waals surface area contributed by atoms with Crippen molar-refractivity contribution in [3.05, 3.63) is 65.2 Å². The maximum Gasteiger partial charge on any atom is 0.232 e. The van der Waals surface area contributed by atoms with Gasteiger partial charge in [0.05, 0.1) is 28.5 Å². The predicted octanol–water partition coefficient (Wildman–Crippen LogP) is 3.93. The number of halogens is 2. The standard InChI is InChI=1S/C19H14ClFN2O3S/c20-12-1-4-18-16(8-12)15(5-6-27(18,25)26)19(24)23-17-10-22-9-11-7-13(21)2-3-14(11)17/h1-4,7-10,15H,5-6H2,(H,23,24). The van der Waals surface area contributed by atoms with Crippen LogP contribution in [0.5, 0.6) is 0 Å². The summed E-state index contributed by atoms with van der Waals surface area (Å²) < 4.78 is 38.0. The van der Waals surface area contributed by atoms with E-state index in [1.165, 1.54) is 42.7 Å². The predicted molar refractivity (Wildman–Crippen MR) is 101 cm³/mol. The van der Waals surface area contributed by atoms with Gasteiger partial charge in [-0.1, -0.05) is 11.6 Å². The van der Waals surface area contributed by atoms with Gasteiger partial charge in [-0.3, -0.25) is 9.78 Å². The smallest absolute Gasteiger partial charge is 0.232 e. The van der Waals surface area contributed by atoms with Crippen LogP contribution in [0.15, 0.2) is 53.7 Å². The van der Waals surface area contributed by atoms with Crippen LogP contribution in [0.2, 0.25) is 5.02 Å². The van der Waals surface area contributed by atoms with Gasteiger partial charge >= 0.3 is 0 Å². The molecule has 0 saturated carbocycles. The first-order chi connectivity index (χ1) is 12.8. The van der Waals surface area contributed by atoms with E-state index < -0.39 is 21.6 Å². The summed E-state index contributed by atoms with van der Waals surface area (Å²) in [5, 5.41) is 4.37. The number of sulfone groups is 1. The van der Waals surface area contributed by atoms with Gasteiger partial charge in [-0.15, -0.1) is 0 Å². The van der Waals surface area contributed by atoms with E-state index in [0.29, 0.717) is 27.0 Å². The average molecular weight is 405 g/mol. The molecule has 1 unspecified atom stereocenters. The Balaban J connectivity index is 1.72. The van der Waals surface area contributed by atoms with E-state index >= 15 is 0 Å². The number of benzene rings is 2. The van der Waals surface area contributed by atoms with Crippen molar-refractivity contribution in [1.82, 2.24) is 4.98 Å². The summed E-state index contributed by atoms with van der Waals surface area (Å²) in [7, 11) is -3.43. The third-order valence-electron chi connectivity index (χ3n) is 4.65. The van der Waals surface area contributed by atoms with Crippen molar-refractivity contribution in [2.45, 2.75) is 17.2 Å². The fourth-order valence-electron chi connectivity index (χ4n) is 3.35. The molecule has 0 fully saturated rings. The molecule has 4 rings (SSSR count). The monoisotopic (exact) mass is 404 g/mol. The van der Waals surface area contributed by atoms with Crippen LogP contribution < -0.4 is 5.32 Å². The molecule has 0 radical (unpaired) electrons. The molecule has 1 aliphatic rings. The Morgan fingerprint density at radius 3 is 2.81 bits per heavy atom. The number of hydrogen-bond acceptors (Lipinski definition) is 4. The average Bonchev–Trinajstić information content (AvgIpc) is 2.61. The molecule has 1 N–H and O–H groups in total. The first-order valence-corrected chi connectivity index (χ1v) is 10.2. The maximum atomic E-state index is 13.4. The number of nitrogens with one attached hydrogen (secondary N) is 1. The van der Waals surface area contributed by atoms with E-state index in [1.807, 2.05) is 0 Å². The van der Waals surface area contributed by atoms with Crippen LogP contribution in [0.1, 0.15) is 17.9 Å². The molecule has 1 atom stereocenters. The first kappa shape index (κ1) is 17.9. The molecule has 2 heterocycles. The molecule has 5 nitrogen and oxygen atoms in total. The number of aromatic nitrogens is 1. The molecule has 1 aromatic heterocycles. The molecule has 0 spiro atoms. The number of hydrogen-bond donors (Lipinski definition) is 1. The minimum Gasteiger partial charge on any atom is -0.324 e. The minimum absolute atomic E-state index is 0.112. The van der Waals surface area contributed by atoms with Gasteiger partial charge in [0, 0.05) is 22.0 Å². The van der Waals surface area contributed by atoms with Gasteiger partial charge in [-0.05, 0) is 48.4 Å². The fourth-order valence-corrected chi connectivity index (χ4v) is 5.13. The molecular weight excluding hydrogens is 391 g/mol. The van der Waals surface area contributed by atoms with E-state index in [-0.39, 0.29) is 23.0 Å². The zero-order valence-corrected chi connectivity index (χ0v) is 15.5. The summed E-state index contributed by atoms with van der Waals surface area (Å²) in [6, 6.07) is 8.67. The van der Waals surface area contributed by atoms with Crippen molar-refractivity contribution in [1.29, 1.82) is 0 Å². The minimum atomic E-state index is -3.43. The number of pyridine rings is 1. The van der Waals surface area contributed by atoms with Crippen LogP contribution in [0.4, 0.5) is 10.1 Å². The van der Waals surface area contributed by atoms with Gasteiger partial charge in [0.15, 0.2) is 9.84 Å². The highest BCUT2D eigenvalue weighted by Gasteiger charge is 2.34. The summed E-state index contributed by atoms with van der Waals surface area (Å²) in [6.45, 7) is 0. The van der Waals surface area contributed by atoms with E-state index in [2.05, 4.69) is 10.3 Å². The first-order valence-electron chi connectivity index (χ1n) is 8.21. The van der Waals surface area contributed by atoms with Crippen LogP contribution >= 0.6 is 11.6 Å². The lowest BCUT2D eigenvalue weighted by Gasteiger charge is -2.25. The Morgan fingerprint density at radius 2 is 2.00 bits per heavy atom. The van der Waals surface area contributed by atoms with E-state index in [4.69, 9.17) is 11.6 Å². The number of carbonyl (C=O) groups excluding carboxylic acids is 1. The maximum absolute atomic E-state index is 13.4. The van der Waals surface area contributed by atoms with Crippen LogP contribution in [-0.2, 0) is 14.6 Å². The summed E-state index contributed by atoms with van der Waals surface area (Å²) in [5.74, 6) is -1.52. The molecule has 0 aliphatic carbocycles. The number of carbonyl (C=O) groups is 1. The van der Waals surface area contributed by atoms with Gasteiger partial charge in [0.25, 0.3) is 0 Å². The normalized spacial score (nSPS) is 18.1. The van der Waals surface area contributed by atoms with E-state index in [0.717, 1.165) is 0 Å². The second-order valence-electron chi connectivity index (χ2n) is 6.38. The van der Waals surface area contributed by atoms with Gasteiger partial charge in [0.1, 0.15) is 5.82 Å². The lowest BCUT2D eigenvalue weighted by atomic mass is 9.94. The van der Waals surface area contributed by atoms with Gasteiger partial charge in [0.2, 0.25) is 5.91 Å². The Labute approximate surface area is 160 Å². The van der Waals surface area contributed by atoms with Crippen LogP contribution in [0, 0.1) is 5.82 Å². The molecule has 2 aromatic carbocycles. The molecule has 0 saturated heterocycles. The van der Waals surface area contributed by atoms with E-state index in [1.54, 1.807) is 6.07 Å². The van der Waals surface area contributed by atoms with Crippen molar-refractivity contribution < 1.29 is 17.6 Å². The Hall–Kier alpha value is -2.51. The summed E-state index contributed by atoms with van der Waals surface area (Å²) in [6.07, 6.45) is 3.15. The summed E-state index contributed by atoms with van der Waals surface area (Å²) in [4.78, 5) is 17.1. The third kappa shape index (κ3) is 3.28. The van der Waals surface area contributed by atoms with Crippen molar-refractivity contribution >= 4 is 43.8 Å². The Bertz CT molecular complexity index is 1180. The summed E-state index contributed by atoms with van der Waals surface area (Å²) >= 11 is 6.02. The van der Waals surface area contributed by atoms with Crippen molar-refractivity contribution in [3.63, 3.8) is 0 Å². The van der Waals surface area contributed by atoms with Crippen molar-refractivity contribution in [2.75, 3.05) is 11.1 Å². The largest absolute Gasteiger partial charge is 0.324 e. The highest BCUT2D eigenvalue weighted by atomic mass is 35.5. The van der Waals surface area contributed by atoms with Crippen molar-refractivity contribution in [2.24, 2.45) is 0 Å². The zero-order valence-electron chi connectivity index (χ0n) is 13.9. The van der Waals surface area contributed by atoms with Crippen molar-refractivity contribution in [3.8, 4) is 0 Å². The second kappa shape index (κ2) is 6.58. The molecule has 1 aliphatic heterocycles. The molecule has 0 bridgehead atoms. The molecule has 8 heteroatoms. The van der Waals surface area contributed by atoms with Gasteiger partial charge < -0.3 is 5.32 Å². The molecular formula is C19H14ClFN2O3S. The SMILES string of the molecule is O=C(Nc1cncc2cc(F)ccc12)C1CCS(=O)(=O)c2ccc(Cl)cc21. The molecule has 1 amide bonds. The van der Waals surface area contributed by atoms with Crippen LogP contribution in [-0.4, -0.2) is 25.1 Å². The van der Waals surface area contributed by atoms with Gasteiger partial charge in [-0.2, -0.15) is 0 Å². The molecule has 3 aromatic rings. The number of amides is 1. The highest BCUT2D eigenvalue weighted by molar-refractivity contribution is 7.91. The van der Waals surface area contributed by atoms with Gasteiger partial charge in [-0.25, -0.2) is 12.8 Å². The zero-order chi connectivity index (χ0) is 19.2.